The van der Waals surface area contributed by atoms with Crippen molar-refractivity contribution in [2.45, 2.75) is 40.0 Å². The largest absolute Gasteiger partial charge is 0.397 e. The first-order valence-corrected chi connectivity index (χ1v) is 7.50. The molecule has 4 nitrogen and oxygen atoms in total. The summed E-state index contributed by atoms with van der Waals surface area (Å²) >= 11 is 0. The van der Waals surface area contributed by atoms with E-state index in [1.54, 1.807) is 0 Å². The van der Waals surface area contributed by atoms with Gasteiger partial charge in [-0.15, -0.1) is 0 Å². The Hall–Kier alpha value is 0.0569. The predicted octanol–water partition coefficient (Wildman–Crippen LogP) is 1.68. The van der Waals surface area contributed by atoms with Gasteiger partial charge in [0.1, 0.15) is 0 Å². The van der Waals surface area contributed by atoms with E-state index in [2.05, 4.69) is 0 Å². The van der Waals surface area contributed by atoms with E-state index in [1.807, 2.05) is 27.7 Å². The fourth-order valence-electron chi connectivity index (χ4n) is 1.27. The van der Waals surface area contributed by atoms with Gasteiger partial charge in [-0.25, -0.2) is 0 Å². The fourth-order valence-corrected chi connectivity index (χ4v) is 2.97. The van der Waals surface area contributed by atoms with Gasteiger partial charge in [-0.1, -0.05) is 0 Å². The van der Waals surface area contributed by atoms with Crippen LogP contribution in [-0.2, 0) is 18.3 Å². The maximum absolute atomic E-state index is 5.56. The molecule has 5 heteroatoms. The molecule has 0 unspecified atom stereocenters. The summed E-state index contributed by atoms with van der Waals surface area (Å²) in [7, 11) is -1.60. The molecule has 0 rings (SSSR count). The Morgan fingerprint density at radius 3 is 1.60 bits per heavy atom. The first-order valence-electron chi connectivity index (χ1n) is 5.74. The van der Waals surface area contributed by atoms with Gasteiger partial charge in [0.05, 0.1) is 0 Å². The topological polar surface area (TPSA) is 36.9 Å². The second-order valence-electron chi connectivity index (χ2n) is 2.92. The van der Waals surface area contributed by atoms with Crippen LogP contribution in [-0.4, -0.2) is 42.0 Å². The highest BCUT2D eigenvalue weighted by molar-refractivity contribution is 6.44. The van der Waals surface area contributed by atoms with Crippen LogP contribution in [0.1, 0.15) is 27.7 Å². The summed E-state index contributed by atoms with van der Waals surface area (Å²) in [5.74, 6) is 0. The molecule has 92 valence electrons. The molecule has 0 aromatic rings. The van der Waals surface area contributed by atoms with Gasteiger partial charge < -0.3 is 18.3 Å². The van der Waals surface area contributed by atoms with Crippen LogP contribution in [0.15, 0.2) is 0 Å². The van der Waals surface area contributed by atoms with Crippen molar-refractivity contribution in [1.82, 2.24) is 0 Å². The van der Waals surface area contributed by atoms with Gasteiger partial charge >= 0.3 is 9.28 Å². The van der Waals surface area contributed by atoms with E-state index in [1.165, 1.54) is 0 Å². The van der Waals surface area contributed by atoms with Crippen LogP contribution < -0.4 is 0 Å². The molecule has 0 radical (unpaired) electrons. The van der Waals surface area contributed by atoms with Crippen LogP contribution in [0.25, 0.3) is 0 Å². The fraction of sp³-hybridized carbons (Fsp3) is 1.00. The summed E-state index contributed by atoms with van der Waals surface area (Å²) in [5.41, 5.74) is 0. The Kier molecular flexibility index (Phi) is 10.6. The third-order valence-corrected chi connectivity index (χ3v) is 3.98. The van der Waals surface area contributed by atoms with Crippen molar-refractivity contribution < 1.29 is 18.3 Å². The van der Waals surface area contributed by atoms with Crippen LogP contribution in [0, 0.1) is 0 Å². The van der Waals surface area contributed by atoms with Gasteiger partial charge in [0.15, 0.2) is 6.29 Å². The summed E-state index contributed by atoms with van der Waals surface area (Å²) in [6.07, 6.45) is -0.172. The van der Waals surface area contributed by atoms with Gasteiger partial charge in [-0.05, 0) is 27.7 Å². The number of rotatable bonds is 10. The summed E-state index contributed by atoms with van der Waals surface area (Å²) in [6.45, 7) is 10.6. The van der Waals surface area contributed by atoms with Crippen LogP contribution >= 0.6 is 0 Å². The van der Waals surface area contributed by atoms with Crippen molar-refractivity contribution in [1.29, 1.82) is 0 Å². The van der Waals surface area contributed by atoms with Crippen molar-refractivity contribution in [3.63, 3.8) is 0 Å². The molecule has 0 bridgehead atoms. The molecule has 0 amide bonds. The molecule has 0 aliphatic heterocycles. The summed E-state index contributed by atoms with van der Waals surface area (Å²) in [4.78, 5) is 0. The maximum Gasteiger partial charge on any atom is 0.326 e. The molecule has 0 spiro atoms. The lowest BCUT2D eigenvalue weighted by atomic mass is 10.7. The van der Waals surface area contributed by atoms with Crippen molar-refractivity contribution in [3.8, 4) is 0 Å². The third-order valence-electron chi connectivity index (χ3n) is 1.80. The number of hydrogen-bond donors (Lipinski definition) is 0. The maximum atomic E-state index is 5.56. The zero-order chi connectivity index (χ0) is 11.5. The molecule has 0 aliphatic carbocycles. The van der Waals surface area contributed by atoms with E-state index in [9.17, 15) is 0 Å². The highest BCUT2D eigenvalue weighted by atomic mass is 28.3. The van der Waals surface area contributed by atoms with Crippen LogP contribution in [0.2, 0.25) is 6.04 Å². The summed E-state index contributed by atoms with van der Waals surface area (Å²) < 4.78 is 22.0. The lowest BCUT2D eigenvalue weighted by Crippen LogP contribution is -2.31. The molecule has 0 fully saturated rings. The standard InChI is InChI=1S/C10H24O4Si/c1-5-11-10(12-6-2)9-15(13-7-3)14-8-4/h10,15H,5-9H2,1-4H3. The Bertz CT molecular complexity index is 109. The molecular weight excluding hydrogens is 212 g/mol. The SMILES string of the molecule is CCOC(C[SiH](OCC)OCC)OCC. The van der Waals surface area contributed by atoms with Crippen LogP contribution in [0.3, 0.4) is 0 Å². The lowest BCUT2D eigenvalue weighted by Gasteiger charge is -2.21. The highest BCUT2D eigenvalue weighted by Crippen LogP contribution is 2.08. The van der Waals surface area contributed by atoms with Gasteiger partial charge in [-0.2, -0.15) is 0 Å². The monoisotopic (exact) mass is 236 g/mol. The third kappa shape index (κ3) is 7.93. The average Bonchev–Trinajstić information content (AvgIpc) is 2.19. The minimum Gasteiger partial charge on any atom is -0.397 e. The quantitative estimate of drug-likeness (QED) is 0.427. The number of hydrogen-bond acceptors (Lipinski definition) is 4. The molecule has 0 saturated carbocycles. The van der Waals surface area contributed by atoms with E-state index in [0.29, 0.717) is 26.4 Å². The molecule has 0 atom stereocenters. The van der Waals surface area contributed by atoms with Gasteiger partial charge in [0, 0.05) is 32.5 Å². The molecular formula is C10H24O4Si. The Morgan fingerprint density at radius 1 is 0.800 bits per heavy atom. The number of ether oxygens (including phenoxy) is 2. The zero-order valence-corrected chi connectivity index (χ0v) is 11.5. The van der Waals surface area contributed by atoms with Crippen molar-refractivity contribution in [3.05, 3.63) is 0 Å². The smallest absolute Gasteiger partial charge is 0.326 e. The zero-order valence-electron chi connectivity index (χ0n) is 10.3. The lowest BCUT2D eigenvalue weighted by molar-refractivity contribution is -0.126. The van der Waals surface area contributed by atoms with Crippen molar-refractivity contribution >= 4 is 9.28 Å². The van der Waals surface area contributed by atoms with Crippen molar-refractivity contribution in [2.24, 2.45) is 0 Å². The molecule has 0 aromatic heterocycles. The minimum absolute atomic E-state index is 0.172. The Morgan fingerprint density at radius 2 is 1.27 bits per heavy atom. The van der Waals surface area contributed by atoms with E-state index in [-0.39, 0.29) is 6.29 Å². The normalized spacial score (nSPS) is 11.6. The second-order valence-corrected chi connectivity index (χ2v) is 4.91. The first kappa shape index (κ1) is 15.1. The average molecular weight is 236 g/mol. The van der Waals surface area contributed by atoms with Gasteiger partial charge in [0.2, 0.25) is 0 Å². The van der Waals surface area contributed by atoms with Crippen molar-refractivity contribution in [2.75, 3.05) is 26.4 Å². The predicted molar refractivity (Wildman–Crippen MR) is 62.2 cm³/mol. The molecule has 15 heavy (non-hydrogen) atoms. The highest BCUT2D eigenvalue weighted by Gasteiger charge is 2.20. The second kappa shape index (κ2) is 10.6. The molecule has 0 N–H and O–H groups in total. The van der Waals surface area contributed by atoms with E-state index in [4.69, 9.17) is 18.3 Å². The summed E-state index contributed by atoms with van der Waals surface area (Å²) in [6, 6.07) is 0.753. The first-order chi connectivity index (χ1) is 7.28. The van der Waals surface area contributed by atoms with Gasteiger partial charge in [-0.3, -0.25) is 0 Å². The van der Waals surface area contributed by atoms with E-state index < -0.39 is 9.28 Å². The van der Waals surface area contributed by atoms with Gasteiger partial charge in [0.25, 0.3) is 0 Å². The summed E-state index contributed by atoms with van der Waals surface area (Å²) in [5, 5.41) is 0. The Labute approximate surface area is 94.7 Å². The molecule has 0 saturated heterocycles. The van der Waals surface area contributed by atoms with Crippen LogP contribution in [0.5, 0.6) is 0 Å². The van der Waals surface area contributed by atoms with Crippen LogP contribution in [0.4, 0.5) is 0 Å². The molecule has 0 heterocycles. The molecule has 0 aromatic carbocycles. The van der Waals surface area contributed by atoms with E-state index >= 15 is 0 Å². The molecule has 0 aliphatic rings. The van der Waals surface area contributed by atoms with E-state index in [0.717, 1.165) is 6.04 Å². The minimum atomic E-state index is -1.60. The Balaban J connectivity index is 3.93.